The van der Waals surface area contributed by atoms with E-state index in [4.69, 9.17) is 0 Å². The van der Waals surface area contributed by atoms with E-state index in [1.165, 1.54) is 6.07 Å². The molecule has 0 spiro atoms. The van der Waals surface area contributed by atoms with Crippen molar-refractivity contribution in [3.63, 3.8) is 0 Å². The van der Waals surface area contributed by atoms with Gasteiger partial charge < -0.3 is 5.32 Å². The first-order valence-electron chi connectivity index (χ1n) is 6.21. The zero-order chi connectivity index (χ0) is 12.7. The van der Waals surface area contributed by atoms with E-state index in [1.54, 1.807) is 0 Å². The summed E-state index contributed by atoms with van der Waals surface area (Å²) in [6, 6.07) is 5.19. The fourth-order valence-electron chi connectivity index (χ4n) is 1.80. The summed E-state index contributed by atoms with van der Waals surface area (Å²) in [7, 11) is 0. The highest BCUT2D eigenvalue weighted by atomic mass is 19.1. The molecule has 0 aliphatic rings. The molecule has 0 heterocycles. The van der Waals surface area contributed by atoms with Gasteiger partial charge in [-0.1, -0.05) is 25.5 Å². The van der Waals surface area contributed by atoms with Gasteiger partial charge in [0.15, 0.2) is 0 Å². The van der Waals surface area contributed by atoms with Gasteiger partial charge in [0, 0.05) is 13.0 Å². The van der Waals surface area contributed by atoms with Crippen molar-refractivity contribution in [2.45, 2.75) is 39.5 Å². The molecule has 1 aromatic carbocycles. The average Bonchev–Trinajstić information content (AvgIpc) is 2.30. The second kappa shape index (κ2) is 7.05. The van der Waals surface area contributed by atoms with Crippen LogP contribution in [0.25, 0.3) is 0 Å². The van der Waals surface area contributed by atoms with Gasteiger partial charge in [0.2, 0.25) is 5.91 Å². The van der Waals surface area contributed by atoms with Gasteiger partial charge in [-0.2, -0.15) is 0 Å². The second-order valence-corrected chi connectivity index (χ2v) is 4.13. The van der Waals surface area contributed by atoms with Crippen LogP contribution in [-0.4, -0.2) is 12.5 Å². The van der Waals surface area contributed by atoms with Crippen LogP contribution in [0.5, 0.6) is 0 Å². The lowest BCUT2D eigenvalue weighted by Gasteiger charge is -2.06. The van der Waals surface area contributed by atoms with E-state index in [2.05, 4.69) is 12.2 Å². The highest BCUT2D eigenvalue weighted by Crippen LogP contribution is 2.14. The van der Waals surface area contributed by atoms with E-state index in [9.17, 15) is 9.18 Å². The van der Waals surface area contributed by atoms with Crippen LogP contribution in [0.4, 0.5) is 4.39 Å². The second-order valence-electron chi connectivity index (χ2n) is 4.13. The van der Waals surface area contributed by atoms with Crippen molar-refractivity contribution < 1.29 is 9.18 Å². The lowest BCUT2D eigenvalue weighted by molar-refractivity contribution is -0.120. The quantitative estimate of drug-likeness (QED) is 0.810. The van der Waals surface area contributed by atoms with Gasteiger partial charge in [-0.3, -0.25) is 4.79 Å². The monoisotopic (exact) mass is 237 g/mol. The molecule has 94 valence electrons. The van der Waals surface area contributed by atoms with Crippen LogP contribution in [0.2, 0.25) is 0 Å². The van der Waals surface area contributed by atoms with Gasteiger partial charge in [0.25, 0.3) is 0 Å². The summed E-state index contributed by atoms with van der Waals surface area (Å²) in [5.74, 6) is -0.234. The van der Waals surface area contributed by atoms with E-state index in [1.807, 2.05) is 19.1 Å². The molecule has 1 amide bonds. The van der Waals surface area contributed by atoms with Crippen LogP contribution in [0, 0.1) is 5.82 Å². The molecule has 0 aliphatic heterocycles. The molecule has 0 saturated carbocycles. The minimum atomic E-state index is -0.214. The van der Waals surface area contributed by atoms with Crippen LogP contribution in [0.15, 0.2) is 18.2 Å². The third-order valence-electron chi connectivity index (χ3n) is 2.64. The molecular formula is C14H20FNO. The number of aryl methyl sites for hydroxylation is 2. The summed E-state index contributed by atoms with van der Waals surface area (Å²) in [6.07, 6.45) is 2.81. The molecule has 0 saturated heterocycles. The summed E-state index contributed by atoms with van der Waals surface area (Å²) >= 11 is 0. The molecule has 3 heteroatoms. The first-order valence-corrected chi connectivity index (χ1v) is 6.21. The number of carbonyl (C=O) groups excluding carboxylic acids is 1. The van der Waals surface area contributed by atoms with Crippen molar-refractivity contribution in [1.82, 2.24) is 5.32 Å². The molecule has 0 radical (unpaired) electrons. The molecule has 17 heavy (non-hydrogen) atoms. The average molecular weight is 237 g/mol. The van der Waals surface area contributed by atoms with Crippen molar-refractivity contribution in [2.24, 2.45) is 0 Å². The summed E-state index contributed by atoms with van der Waals surface area (Å²) < 4.78 is 13.5. The Morgan fingerprint density at radius 2 is 2.06 bits per heavy atom. The summed E-state index contributed by atoms with van der Waals surface area (Å²) in [5.41, 5.74) is 1.78. The lowest BCUT2D eigenvalue weighted by Crippen LogP contribution is -2.22. The fraction of sp³-hybridized carbons (Fsp3) is 0.500. The fourth-order valence-corrected chi connectivity index (χ4v) is 1.80. The Kier molecular flexibility index (Phi) is 5.67. The predicted octanol–water partition coefficient (Wildman–Crippen LogP) is 2.85. The molecule has 0 fully saturated rings. The van der Waals surface area contributed by atoms with Crippen LogP contribution < -0.4 is 5.32 Å². The predicted molar refractivity (Wildman–Crippen MR) is 67.4 cm³/mol. The summed E-state index contributed by atoms with van der Waals surface area (Å²) in [4.78, 5) is 11.3. The SMILES string of the molecule is CCCc1ccc(F)c(CCC(=O)NCC)c1. The molecule has 0 bridgehead atoms. The Bertz CT molecular complexity index is 376. The number of carbonyl (C=O) groups is 1. The Balaban J connectivity index is 2.62. The van der Waals surface area contributed by atoms with Crippen LogP contribution in [0.3, 0.4) is 0 Å². The van der Waals surface area contributed by atoms with E-state index < -0.39 is 0 Å². The van der Waals surface area contributed by atoms with Gasteiger partial charge in [-0.15, -0.1) is 0 Å². The number of hydrogen-bond acceptors (Lipinski definition) is 1. The summed E-state index contributed by atoms with van der Waals surface area (Å²) in [5, 5.41) is 2.71. The van der Waals surface area contributed by atoms with Crippen molar-refractivity contribution in [3.8, 4) is 0 Å². The zero-order valence-electron chi connectivity index (χ0n) is 10.6. The minimum Gasteiger partial charge on any atom is -0.356 e. The smallest absolute Gasteiger partial charge is 0.220 e. The van der Waals surface area contributed by atoms with E-state index >= 15 is 0 Å². The molecular weight excluding hydrogens is 217 g/mol. The number of amides is 1. The lowest BCUT2D eigenvalue weighted by atomic mass is 10.0. The Hall–Kier alpha value is -1.38. The third-order valence-corrected chi connectivity index (χ3v) is 2.64. The van der Waals surface area contributed by atoms with Crippen molar-refractivity contribution in [3.05, 3.63) is 35.1 Å². The van der Waals surface area contributed by atoms with Crippen molar-refractivity contribution in [1.29, 1.82) is 0 Å². The first-order chi connectivity index (χ1) is 8.17. The van der Waals surface area contributed by atoms with Crippen LogP contribution >= 0.6 is 0 Å². The first kappa shape index (κ1) is 13.7. The Morgan fingerprint density at radius 1 is 1.29 bits per heavy atom. The molecule has 0 unspecified atom stereocenters. The molecule has 1 aromatic rings. The highest BCUT2D eigenvalue weighted by Gasteiger charge is 2.06. The maximum absolute atomic E-state index is 13.5. The molecule has 1 N–H and O–H groups in total. The number of rotatable bonds is 6. The van der Waals surface area contributed by atoms with Gasteiger partial charge in [-0.25, -0.2) is 4.39 Å². The van der Waals surface area contributed by atoms with Gasteiger partial charge in [0.1, 0.15) is 5.82 Å². The van der Waals surface area contributed by atoms with Crippen LogP contribution in [-0.2, 0) is 17.6 Å². The molecule has 1 rings (SSSR count). The number of halogens is 1. The topological polar surface area (TPSA) is 29.1 Å². The van der Waals surface area contributed by atoms with Crippen molar-refractivity contribution >= 4 is 5.91 Å². The Morgan fingerprint density at radius 3 is 2.71 bits per heavy atom. The molecule has 2 nitrogen and oxygen atoms in total. The van der Waals surface area contributed by atoms with Gasteiger partial charge >= 0.3 is 0 Å². The molecule has 0 atom stereocenters. The maximum atomic E-state index is 13.5. The maximum Gasteiger partial charge on any atom is 0.220 e. The normalized spacial score (nSPS) is 10.3. The standard InChI is InChI=1S/C14H20FNO/c1-3-5-11-6-8-13(15)12(10-11)7-9-14(17)16-4-2/h6,8,10H,3-5,7,9H2,1-2H3,(H,16,17). The van der Waals surface area contributed by atoms with Gasteiger partial charge in [-0.05, 0) is 37.0 Å². The number of benzene rings is 1. The Labute approximate surface area is 102 Å². The molecule has 0 aliphatic carbocycles. The van der Waals surface area contributed by atoms with Crippen molar-refractivity contribution in [2.75, 3.05) is 6.54 Å². The summed E-state index contributed by atoms with van der Waals surface area (Å²) in [6.45, 7) is 4.59. The highest BCUT2D eigenvalue weighted by molar-refractivity contribution is 5.76. The third kappa shape index (κ3) is 4.55. The van der Waals surface area contributed by atoms with E-state index in [0.29, 0.717) is 24.9 Å². The van der Waals surface area contributed by atoms with Gasteiger partial charge in [0.05, 0.1) is 0 Å². The van der Waals surface area contributed by atoms with E-state index in [-0.39, 0.29) is 11.7 Å². The zero-order valence-corrected chi connectivity index (χ0v) is 10.6. The van der Waals surface area contributed by atoms with Crippen LogP contribution in [0.1, 0.15) is 37.8 Å². The number of hydrogen-bond donors (Lipinski definition) is 1. The largest absolute Gasteiger partial charge is 0.356 e. The molecule has 0 aromatic heterocycles. The minimum absolute atomic E-state index is 0.0206. The number of nitrogens with one attached hydrogen (secondary N) is 1. The van der Waals surface area contributed by atoms with E-state index in [0.717, 1.165) is 18.4 Å².